The standard InChI is InChI=1S/C39H33N3O5S/c1-4-46-38(45)32-33(26-15-9-6-10-16-26)40-39-42(34(32)27-19-21-28(22-20-27)47-24(2)3)37(44)35(48-39)31-29-17-11-12-18-30(29)41(36(31)43)23-25-13-7-5-8-14-25/h5-22,24,34H,4,23H2,1-3H3/b35-31+/t34-/m1/s1. The molecule has 5 aromatic rings. The Morgan fingerprint density at radius 3 is 2.23 bits per heavy atom. The van der Waals surface area contributed by atoms with Crippen molar-refractivity contribution in [3.8, 4) is 5.75 Å². The predicted octanol–water partition coefficient (Wildman–Crippen LogP) is 5.64. The Morgan fingerprint density at radius 2 is 1.54 bits per heavy atom. The summed E-state index contributed by atoms with van der Waals surface area (Å²) in [5.74, 6) is -0.160. The number of amides is 1. The number of esters is 1. The van der Waals surface area contributed by atoms with E-state index in [9.17, 15) is 14.4 Å². The number of nitrogens with zero attached hydrogens (tertiary/aromatic N) is 3. The molecule has 9 heteroatoms. The number of para-hydroxylation sites is 1. The van der Waals surface area contributed by atoms with E-state index in [1.165, 1.54) is 4.57 Å². The molecule has 0 aliphatic carbocycles. The summed E-state index contributed by atoms with van der Waals surface area (Å²) in [4.78, 5) is 49.9. The van der Waals surface area contributed by atoms with Crippen molar-refractivity contribution in [3.05, 3.63) is 157 Å². The van der Waals surface area contributed by atoms with Gasteiger partial charge in [0.2, 0.25) is 0 Å². The SMILES string of the molecule is CCOC(=O)C1=C(c2ccccc2)N=c2s/c(=C3/C(=O)N(Cc4ccccc4)c4ccccc43)c(=O)n2[C@@H]1c1ccc(OC(C)C)cc1. The smallest absolute Gasteiger partial charge is 0.338 e. The second-order valence-corrected chi connectivity index (χ2v) is 12.7. The van der Waals surface area contributed by atoms with E-state index in [0.29, 0.717) is 45.1 Å². The van der Waals surface area contributed by atoms with Gasteiger partial charge in [-0.3, -0.25) is 14.2 Å². The van der Waals surface area contributed by atoms with Gasteiger partial charge in [0.15, 0.2) is 4.80 Å². The second kappa shape index (κ2) is 12.9. The summed E-state index contributed by atoms with van der Waals surface area (Å²) in [6.07, 6.45) is -0.0250. The summed E-state index contributed by atoms with van der Waals surface area (Å²) in [6, 6.07) is 33.2. The molecule has 48 heavy (non-hydrogen) atoms. The van der Waals surface area contributed by atoms with Gasteiger partial charge in [0.25, 0.3) is 11.5 Å². The van der Waals surface area contributed by atoms with Crippen molar-refractivity contribution < 1.29 is 19.1 Å². The number of rotatable bonds is 8. The van der Waals surface area contributed by atoms with Crippen LogP contribution in [0.25, 0.3) is 11.3 Å². The minimum absolute atomic E-state index is 0.0250. The highest BCUT2D eigenvalue weighted by atomic mass is 32.1. The van der Waals surface area contributed by atoms with E-state index in [1.807, 2.05) is 123 Å². The van der Waals surface area contributed by atoms with Crippen LogP contribution in [0.15, 0.2) is 125 Å². The Bertz CT molecular complexity index is 2240. The fraction of sp³-hybridized carbons (Fsp3) is 0.179. The van der Waals surface area contributed by atoms with Gasteiger partial charge in [-0.1, -0.05) is 102 Å². The van der Waals surface area contributed by atoms with Crippen LogP contribution in [0.1, 0.15) is 49.1 Å². The van der Waals surface area contributed by atoms with E-state index < -0.39 is 17.6 Å². The van der Waals surface area contributed by atoms with Crippen LogP contribution in [-0.4, -0.2) is 29.2 Å². The van der Waals surface area contributed by atoms with Crippen molar-refractivity contribution in [2.45, 2.75) is 39.5 Å². The lowest BCUT2D eigenvalue weighted by Gasteiger charge is -2.26. The van der Waals surface area contributed by atoms with E-state index in [0.717, 1.165) is 22.6 Å². The van der Waals surface area contributed by atoms with Crippen molar-refractivity contribution in [2.75, 3.05) is 11.5 Å². The lowest BCUT2D eigenvalue weighted by Crippen LogP contribution is -2.41. The number of benzene rings is 4. The van der Waals surface area contributed by atoms with Gasteiger partial charge in [-0.2, -0.15) is 0 Å². The topological polar surface area (TPSA) is 90.2 Å². The first-order valence-electron chi connectivity index (χ1n) is 15.9. The van der Waals surface area contributed by atoms with Crippen LogP contribution >= 0.6 is 11.3 Å². The Balaban J connectivity index is 1.48. The minimum Gasteiger partial charge on any atom is -0.491 e. The minimum atomic E-state index is -0.870. The summed E-state index contributed by atoms with van der Waals surface area (Å²) in [6.45, 7) is 6.15. The van der Waals surface area contributed by atoms with E-state index in [1.54, 1.807) is 11.8 Å². The molecule has 1 aromatic heterocycles. The molecule has 2 aliphatic rings. The lowest BCUT2D eigenvalue weighted by atomic mass is 9.93. The number of carbonyl (C=O) groups excluding carboxylic acids is 2. The molecular weight excluding hydrogens is 623 g/mol. The molecule has 1 amide bonds. The molecule has 1 atom stereocenters. The fourth-order valence-corrected chi connectivity index (χ4v) is 7.32. The molecule has 8 nitrogen and oxygen atoms in total. The monoisotopic (exact) mass is 655 g/mol. The Labute approximate surface area is 281 Å². The van der Waals surface area contributed by atoms with Crippen molar-refractivity contribution in [3.63, 3.8) is 0 Å². The Hall–Kier alpha value is -5.54. The van der Waals surface area contributed by atoms with Gasteiger partial charge in [0.1, 0.15) is 10.3 Å². The number of anilines is 1. The molecule has 0 unspecified atom stereocenters. The molecule has 0 radical (unpaired) electrons. The molecule has 0 fully saturated rings. The number of aromatic nitrogens is 1. The van der Waals surface area contributed by atoms with Gasteiger partial charge in [0.05, 0.1) is 47.8 Å². The van der Waals surface area contributed by atoms with E-state index in [2.05, 4.69) is 0 Å². The van der Waals surface area contributed by atoms with Gasteiger partial charge >= 0.3 is 5.97 Å². The van der Waals surface area contributed by atoms with Crippen LogP contribution in [0.3, 0.4) is 0 Å². The van der Waals surface area contributed by atoms with Crippen LogP contribution in [0, 0.1) is 0 Å². The molecule has 4 aromatic carbocycles. The van der Waals surface area contributed by atoms with E-state index in [4.69, 9.17) is 14.5 Å². The highest BCUT2D eigenvalue weighted by Crippen LogP contribution is 2.38. The van der Waals surface area contributed by atoms with Crippen molar-refractivity contribution in [2.24, 2.45) is 4.99 Å². The quantitative estimate of drug-likeness (QED) is 0.202. The first-order chi connectivity index (χ1) is 23.4. The lowest BCUT2D eigenvalue weighted by molar-refractivity contribution is -0.138. The molecule has 0 bridgehead atoms. The number of hydrogen-bond donors (Lipinski definition) is 0. The van der Waals surface area contributed by atoms with Crippen molar-refractivity contribution in [1.29, 1.82) is 0 Å². The molecule has 0 N–H and O–H groups in total. The van der Waals surface area contributed by atoms with Crippen LogP contribution in [0.5, 0.6) is 5.75 Å². The van der Waals surface area contributed by atoms with Gasteiger partial charge in [0, 0.05) is 11.1 Å². The van der Waals surface area contributed by atoms with Gasteiger partial charge in [-0.25, -0.2) is 9.79 Å². The number of ether oxygens (including phenoxy) is 2. The molecule has 240 valence electrons. The zero-order valence-electron chi connectivity index (χ0n) is 26.8. The molecule has 2 aliphatic heterocycles. The normalized spacial score (nSPS) is 16.5. The Kier molecular flexibility index (Phi) is 8.37. The third-order valence-electron chi connectivity index (χ3n) is 8.25. The van der Waals surface area contributed by atoms with Crippen LogP contribution < -0.4 is 24.5 Å². The average Bonchev–Trinajstić information content (AvgIpc) is 3.57. The summed E-state index contributed by atoms with van der Waals surface area (Å²) >= 11 is 1.16. The predicted molar refractivity (Wildman–Crippen MR) is 186 cm³/mol. The second-order valence-electron chi connectivity index (χ2n) is 11.8. The highest BCUT2D eigenvalue weighted by molar-refractivity contribution is 7.07. The summed E-state index contributed by atoms with van der Waals surface area (Å²) in [5, 5.41) is 0. The van der Waals surface area contributed by atoms with E-state index in [-0.39, 0.29) is 28.7 Å². The molecule has 3 heterocycles. The Morgan fingerprint density at radius 1 is 0.875 bits per heavy atom. The maximum Gasteiger partial charge on any atom is 0.338 e. The summed E-state index contributed by atoms with van der Waals surface area (Å²) in [5.41, 5.74) is 4.37. The van der Waals surface area contributed by atoms with Gasteiger partial charge < -0.3 is 14.4 Å². The molecular formula is C39H33N3O5S. The zero-order valence-corrected chi connectivity index (χ0v) is 27.6. The van der Waals surface area contributed by atoms with Gasteiger partial charge in [-0.05, 0) is 50.1 Å². The maximum atomic E-state index is 14.7. The third-order valence-corrected chi connectivity index (χ3v) is 9.30. The summed E-state index contributed by atoms with van der Waals surface area (Å²) in [7, 11) is 0. The zero-order chi connectivity index (χ0) is 33.4. The number of thiazole rings is 1. The third kappa shape index (κ3) is 5.56. The number of hydrogen-bond acceptors (Lipinski definition) is 7. The van der Waals surface area contributed by atoms with Crippen molar-refractivity contribution in [1.82, 2.24) is 4.57 Å². The van der Waals surface area contributed by atoms with Crippen LogP contribution in [0.4, 0.5) is 5.69 Å². The van der Waals surface area contributed by atoms with Gasteiger partial charge in [-0.15, -0.1) is 0 Å². The first-order valence-corrected chi connectivity index (χ1v) is 16.7. The van der Waals surface area contributed by atoms with Crippen molar-refractivity contribution >= 4 is 40.2 Å². The number of fused-ring (bicyclic) bond motifs is 2. The highest BCUT2D eigenvalue weighted by Gasteiger charge is 2.38. The maximum absolute atomic E-state index is 14.7. The van der Waals surface area contributed by atoms with E-state index >= 15 is 0 Å². The fourth-order valence-electron chi connectivity index (χ4n) is 6.23. The molecule has 0 spiro atoms. The molecule has 0 saturated heterocycles. The average molecular weight is 656 g/mol. The first kappa shape index (κ1) is 31.1. The molecule has 7 rings (SSSR count). The molecule has 0 saturated carbocycles. The number of carbonyl (C=O) groups is 2. The summed E-state index contributed by atoms with van der Waals surface area (Å²) < 4.78 is 13.3. The van der Waals surface area contributed by atoms with Crippen LogP contribution in [0.2, 0.25) is 0 Å². The van der Waals surface area contributed by atoms with Crippen LogP contribution in [-0.2, 0) is 20.9 Å². The largest absolute Gasteiger partial charge is 0.491 e.